The van der Waals surface area contributed by atoms with Crippen LogP contribution in [0.3, 0.4) is 0 Å². The van der Waals surface area contributed by atoms with Gasteiger partial charge in [0.15, 0.2) is 0 Å². The molecule has 0 aliphatic heterocycles. The molecule has 2 unspecified atom stereocenters. The summed E-state index contributed by atoms with van der Waals surface area (Å²) in [6, 6.07) is 9.88. The number of carbonyl (C=O) groups excluding carboxylic acids is 1. The Morgan fingerprint density at radius 2 is 1.77 bits per heavy atom. The number of hydrogen-bond acceptors (Lipinski definition) is 3. The van der Waals surface area contributed by atoms with Crippen molar-refractivity contribution in [3.05, 3.63) is 53.3 Å². The first-order valence-electron chi connectivity index (χ1n) is 9.10. The summed E-state index contributed by atoms with van der Waals surface area (Å²) in [4.78, 5) is 23.4. The summed E-state index contributed by atoms with van der Waals surface area (Å²) in [7, 11) is 0. The van der Waals surface area contributed by atoms with Gasteiger partial charge in [-0.15, -0.1) is 0 Å². The van der Waals surface area contributed by atoms with E-state index in [1.54, 1.807) is 6.07 Å². The van der Waals surface area contributed by atoms with Crippen LogP contribution in [-0.4, -0.2) is 26.8 Å². The average Bonchev–Trinajstić information content (AvgIpc) is 3.12. The molecule has 0 radical (unpaired) electrons. The Labute approximate surface area is 154 Å². The molecule has 1 amide bonds. The molecule has 6 heteroatoms. The van der Waals surface area contributed by atoms with Gasteiger partial charge in [-0.25, -0.2) is 0 Å². The molecule has 0 fully saturated rings. The largest absolute Gasteiger partial charge is 0.481 e. The zero-order chi connectivity index (χ0) is 19.1. The fraction of sp³-hybridized carbons (Fsp3) is 0.450. The van der Waals surface area contributed by atoms with Crippen LogP contribution in [0.5, 0.6) is 0 Å². The Bertz CT molecular complexity index is 737. The van der Waals surface area contributed by atoms with Gasteiger partial charge in [0.05, 0.1) is 19.0 Å². The second-order valence-corrected chi connectivity index (χ2v) is 6.49. The van der Waals surface area contributed by atoms with Crippen LogP contribution in [0.25, 0.3) is 0 Å². The summed E-state index contributed by atoms with van der Waals surface area (Å²) < 4.78 is 1.43. The number of aromatic nitrogens is 2. The summed E-state index contributed by atoms with van der Waals surface area (Å²) >= 11 is 0. The van der Waals surface area contributed by atoms with E-state index in [0.717, 1.165) is 18.4 Å². The molecule has 2 aromatic rings. The molecule has 26 heavy (non-hydrogen) atoms. The standard InChI is InChI=1S/C20H27N3O3/c1-4-14(3)15-6-8-16(9-7-15)17(5-2)22-20(26)18-10-12-21-23(18)13-11-19(24)25/h6-10,12,14,17H,4-5,11,13H2,1-3H3,(H,22,26)(H,24,25). The first-order valence-corrected chi connectivity index (χ1v) is 9.10. The molecule has 0 saturated carbocycles. The number of carbonyl (C=O) groups is 2. The van der Waals surface area contributed by atoms with E-state index in [4.69, 9.17) is 5.11 Å². The molecule has 0 bridgehead atoms. The molecule has 6 nitrogen and oxygen atoms in total. The number of nitrogens with zero attached hydrogens (tertiary/aromatic N) is 2. The third-order valence-electron chi connectivity index (χ3n) is 4.72. The second kappa shape index (κ2) is 9.17. The van der Waals surface area contributed by atoms with E-state index in [9.17, 15) is 9.59 Å². The van der Waals surface area contributed by atoms with Gasteiger partial charge in [-0.2, -0.15) is 5.10 Å². The smallest absolute Gasteiger partial charge is 0.305 e. The maximum atomic E-state index is 12.6. The lowest BCUT2D eigenvalue weighted by Gasteiger charge is -2.19. The number of nitrogens with one attached hydrogen (secondary N) is 1. The van der Waals surface area contributed by atoms with Crippen LogP contribution in [0.1, 0.15) is 73.6 Å². The quantitative estimate of drug-likeness (QED) is 0.716. The van der Waals surface area contributed by atoms with Crippen molar-refractivity contribution in [2.24, 2.45) is 0 Å². The van der Waals surface area contributed by atoms with Crippen molar-refractivity contribution in [2.75, 3.05) is 0 Å². The van der Waals surface area contributed by atoms with E-state index in [1.165, 1.54) is 16.4 Å². The first kappa shape index (κ1) is 19.7. The van der Waals surface area contributed by atoms with E-state index in [2.05, 4.69) is 48.5 Å². The Hall–Kier alpha value is -2.63. The summed E-state index contributed by atoms with van der Waals surface area (Å²) in [6.07, 6.45) is 3.29. The van der Waals surface area contributed by atoms with Crippen LogP contribution in [0.15, 0.2) is 36.5 Å². The van der Waals surface area contributed by atoms with Crippen molar-refractivity contribution in [3.63, 3.8) is 0 Å². The number of hydrogen-bond donors (Lipinski definition) is 2. The fourth-order valence-electron chi connectivity index (χ4n) is 2.85. The lowest BCUT2D eigenvalue weighted by molar-refractivity contribution is -0.137. The predicted molar refractivity (Wildman–Crippen MR) is 100 cm³/mol. The van der Waals surface area contributed by atoms with E-state index in [1.807, 2.05) is 6.92 Å². The molecule has 0 saturated heterocycles. The van der Waals surface area contributed by atoms with Gasteiger partial charge in [0, 0.05) is 6.20 Å². The average molecular weight is 357 g/mol. The van der Waals surface area contributed by atoms with E-state index in [-0.39, 0.29) is 24.9 Å². The van der Waals surface area contributed by atoms with Crippen molar-refractivity contribution >= 4 is 11.9 Å². The van der Waals surface area contributed by atoms with Crippen molar-refractivity contribution in [1.29, 1.82) is 0 Å². The normalized spacial score (nSPS) is 13.2. The molecule has 2 N–H and O–H groups in total. The number of carboxylic acid groups (broad SMARTS) is 1. The molecule has 0 aliphatic carbocycles. The van der Waals surface area contributed by atoms with Gasteiger partial charge >= 0.3 is 5.97 Å². The lowest BCUT2D eigenvalue weighted by atomic mass is 9.95. The van der Waals surface area contributed by atoms with E-state index in [0.29, 0.717) is 11.6 Å². The molecule has 140 valence electrons. The van der Waals surface area contributed by atoms with Crippen LogP contribution in [0.4, 0.5) is 0 Å². The van der Waals surface area contributed by atoms with E-state index >= 15 is 0 Å². The summed E-state index contributed by atoms with van der Waals surface area (Å²) in [6.45, 7) is 6.56. The summed E-state index contributed by atoms with van der Waals surface area (Å²) in [5.74, 6) is -0.646. The zero-order valence-electron chi connectivity index (χ0n) is 15.6. The van der Waals surface area contributed by atoms with Crippen LogP contribution >= 0.6 is 0 Å². The SMILES string of the molecule is CCC(C)c1ccc(C(CC)NC(=O)c2ccnn2CCC(=O)O)cc1. The third-order valence-corrected chi connectivity index (χ3v) is 4.72. The van der Waals surface area contributed by atoms with Crippen LogP contribution in [0.2, 0.25) is 0 Å². The minimum Gasteiger partial charge on any atom is -0.481 e. The Balaban J connectivity index is 2.09. The fourth-order valence-corrected chi connectivity index (χ4v) is 2.85. The topological polar surface area (TPSA) is 84.2 Å². The highest BCUT2D eigenvalue weighted by Crippen LogP contribution is 2.23. The Morgan fingerprint density at radius 3 is 2.35 bits per heavy atom. The van der Waals surface area contributed by atoms with Gasteiger partial charge in [0.2, 0.25) is 0 Å². The van der Waals surface area contributed by atoms with Gasteiger partial charge in [-0.05, 0) is 36.0 Å². The Kier molecular flexibility index (Phi) is 6.95. The van der Waals surface area contributed by atoms with Crippen LogP contribution in [-0.2, 0) is 11.3 Å². The van der Waals surface area contributed by atoms with Gasteiger partial charge in [-0.1, -0.05) is 45.0 Å². The molecular formula is C20H27N3O3. The minimum atomic E-state index is -0.917. The number of carboxylic acids is 1. The van der Waals surface area contributed by atoms with Crippen molar-refractivity contribution in [2.45, 2.75) is 58.5 Å². The number of rotatable bonds is 9. The molecule has 0 aliphatic rings. The highest BCUT2D eigenvalue weighted by molar-refractivity contribution is 5.92. The second-order valence-electron chi connectivity index (χ2n) is 6.49. The summed E-state index contributed by atoms with van der Waals surface area (Å²) in [5, 5.41) is 15.9. The van der Waals surface area contributed by atoms with Crippen LogP contribution in [0, 0.1) is 0 Å². The minimum absolute atomic E-state index is 0.0732. The van der Waals surface area contributed by atoms with Gasteiger partial charge in [0.1, 0.15) is 5.69 Å². The lowest BCUT2D eigenvalue weighted by Crippen LogP contribution is -2.30. The molecular weight excluding hydrogens is 330 g/mol. The molecule has 1 heterocycles. The monoisotopic (exact) mass is 357 g/mol. The molecule has 2 atom stereocenters. The van der Waals surface area contributed by atoms with Crippen LogP contribution < -0.4 is 5.32 Å². The number of amides is 1. The Morgan fingerprint density at radius 1 is 1.12 bits per heavy atom. The summed E-state index contributed by atoms with van der Waals surface area (Å²) in [5.41, 5.74) is 2.73. The first-order chi connectivity index (χ1) is 12.5. The van der Waals surface area contributed by atoms with Crippen molar-refractivity contribution in [1.82, 2.24) is 15.1 Å². The van der Waals surface area contributed by atoms with Crippen molar-refractivity contribution < 1.29 is 14.7 Å². The van der Waals surface area contributed by atoms with E-state index < -0.39 is 5.97 Å². The van der Waals surface area contributed by atoms with Gasteiger partial charge in [-0.3, -0.25) is 14.3 Å². The van der Waals surface area contributed by atoms with Crippen molar-refractivity contribution in [3.8, 4) is 0 Å². The number of aryl methyl sites for hydroxylation is 1. The number of benzene rings is 1. The third kappa shape index (κ3) is 4.94. The molecule has 0 spiro atoms. The maximum absolute atomic E-state index is 12.6. The van der Waals surface area contributed by atoms with Gasteiger partial charge < -0.3 is 10.4 Å². The molecule has 1 aromatic carbocycles. The maximum Gasteiger partial charge on any atom is 0.305 e. The highest BCUT2D eigenvalue weighted by atomic mass is 16.4. The molecule has 1 aromatic heterocycles. The highest BCUT2D eigenvalue weighted by Gasteiger charge is 2.18. The predicted octanol–water partition coefficient (Wildman–Crippen LogP) is 3.75. The zero-order valence-corrected chi connectivity index (χ0v) is 15.6. The van der Waals surface area contributed by atoms with Gasteiger partial charge in [0.25, 0.3) is 5.91 Å². The number of aliphatic carboxylic acids is 1. The molecule has 2 rings (SSSR count).